The molecule has 17 heavy (non-hydrogen) atoms. The highest BCUT2D eigenvalue weighted by atomic mass is 16.5. The van der Waals surface area contributed by atoms with Crippen LogP contribution in [0.4, 0.5) is 0 Å². The molecule has 1 aromatic carbocycles. The first-order valence-electron chi connectivity index (χ1n) is 5.74. The van der Waals surface area contributed by atoms with Crippen molar-refractivity contribution in [1.82, 2.24) is 5.32 Å². The van der Waals surface area contributed by atoms with Gasteiger partial charge in [-0.3, -0.25) is 0 Å². The molecule has 1 rings (SSSR count). The van der Waals surface area contributed by atoms with Crippen LogP contribution in [0, 0.1) is 13.8 Å². The van der Waals surface area contributed by atoms with Gasteiger partial charge >= 0.3 is 0 Å². The Hall–Kier alpha value is -1.10. The van der Waals surface area contributed by atoms with Crippen molar-refractivity contribution in [2.45, 2.75) is 25.9 Å². The van der Waals surface area contributed by atoms with E-state index in [1.54, 1.807) is 7.11 Å². The smallest absolute Gasteiger partial charge is 0.122 e. The van der Waals surface area contributed by atoms with Gasteiger partial charge < -0.3 is 20.9 Å². The molecular weight excluding hydrogens is 216 g/mol. The van der Waals surface area contributed by atoms with Crippen LogP contribution in [0.15, 0.2) is 12.1 Å². The largest absolute Gasteiger partial charge is 0.496 e. The lowest BCUT2D eigenvalue weighted by Gasteiger charge is -2.25. The van der Waals surface area contributed by atoms with Gasteiger partial charge in [0.1, 0.15) is 5.75 Å². The van der Waals surface area contributed by atoms with Gasteiger partial charge in [0, 0.05) is 12.1 Å². The van der Waals surface area contributed by atoms with Crippen LogP contribution in [0.2, 0.25) is 0 Å². The van der Waals surface area contributed by atoms with Gasteiger partial charge in [-0.2, -0.15) is 0 Å². The van der Waals surface area contributed by atoms with E-state index in [0.717, 1.165) is 22.4 Å². The highest BCUT2D eigenvalue weighted by Crippen LogP contribution is 2.28. The minimum atomic E-state index is -0.313. The third kappa shape index (κ3) is 2.77. The van der Waals surface area contributed by atoms with E-state index in [9.17, 15) is 0 Å². The van der Waals surface area contributed by atoms with Crippen molar-refractivity contribution in [2.24, 2.45) is 5.73 Å². The number of hydrogen-bond acceptors (Lipinski definition) is 4. The zero-order valence-corrected chi connectivity index (χ0v) is 10.9. The summed E-state index contributed by atoms with van der Waals surface area (Å²) in [7, 11) is 3.51. The van der Waals surface area contributed by atoms with Crippen molar-refractivity contribution in [1.29, 1.82) is 0 Å². The number of nitrogens with two attached hydrogens (primary N) is 1. The maximum absolute atomic E-state index is 9.17. The van der Waals surface area contributed by atoms with Crippen LogP contribution in [-0.2, 0) is 0 Å². The molecule has 0 aliphatic carbocycles. The fourth-order valence-corrected chi connectivity index (χ4v) is 2.08. The molecule has 0 heterocycles. The zero-order chi connectivity index (χ0) is 13.0. The SMILES string of the molecule is CNC(c1ccc(OC)c(C)c1C)C(N)CO. The van der Waals surface area contributed by atoms with Gasteiger partial charge in [0.05, 0.1) is 13.7 Å². The molecule has 0 saturated heterocycles. The van der Waals surface area contributed by atoms with E-state index in [1.807, 2.05) is 33.0 Å². The van der Waals surface area contributed by atoms with Gasteiger partial charge in [0.25, 0.3) is 0 Å². The van der Waals surface area contributed by atoms with Crippen LogP contribution < -0.4 is 15.8 Å². The molecule has 96 valence electrons. The van der Waals surface area contributed by atoms with Crippen LogP contribution in [0.25, 0.3) is 0 Å². The third-order valence-electron chi connectivity index (χ3n) is 3.28. The summed E-state index contributed by atoms with van der Waals surface area (Å²) in [5, 5.41) is 12.3. The Morgan fingerprint density at radius 2 is 2.00 bits per heavy atom. The zero-order valence-electron chi connectivity index (χ0n) is 10.9. The minimum absolute atomic E-state index is 0.0456. The van der Waals surface area contributed by atoms with Crippen LogP contribution in [-0.4, -0.2) is 31.9 Å². The lowest BCUT2D eigenvalue weighted by Crippen LogP contribution is -2.39. The summed E-state index contributed by atoms with van der Waals surface area (Å²) in [6.45, 7) is 4.02. The topological polar surface area (TPSA) is 67.5 Å². The Bertz CT molecular complexity index is 380. The number of aliphatic hydroxyl groups excluding tert-OH is 1. The lowest BCUT2D eigenvalue weighted by molar-refractivity contribution is 0.240. The maximum atomic E-state index is 9.17. The molecule has 2 atom stereocenters. The second-order valence-corrected chi connectivity index (χ2v) is 4.22. The van der Waals surface area contributed by atoms with Crippen molar-refractivity contribution in [3.8, 4) is 5.75 Å². The standard InChI is InChI=1S/C13H22N2O2/c1-8-9(2)12(17-4)6-5-10(8)13(15-3)11(14)7-16/h5-6,11,13,15-16H,7,14H2,1-4H3. The number of benzene rings is 1. The quantitative estimate of drug-likeness (QED) is 0.713. The number of ether oxygens (including phenoxy) is 1. The summed E-state index contributed by atoms with van der Waals surface area (Å²) in [5.74, 6) is 0.874. The van der Waals surface area contributed by atoms with Gasteiger partial charge in [0.15, 0.2) is 0 Å². The van der Waals surface area contributed by atoms with Crippen LogP contribution in [0.5, 0.6) is 5.75 Å². The summed E-state index contributed by atoms with van der Waals surface area (Å²) in [5.41, 5.74) is 9.26. The molecule has 4 heteroatoms. The van der Waals surface area contributed by atoms with Gasteiger partial charge in [-0.1, -0.05) is 6.07 Å². The van der Waals surface area contributed by atoms with E-state index in [2.05, 4.69) is 5.32 Å². The molecule has 4 N–H and O–H groups in total. The van der Waals surface area contributed by atoms with Crippen molar-refractivity contribution < 1.29 is 9.84 Å². The normalized spacial score (nSPS) is 14.5. The maximum Gasteiger partial charge on any atom is 0.122 e. The first kappa shape index (κ1) is 14.0. The summed E-state index contributed by atoms with van der Waals surface area (Å²) < 4.78 is 5.28. The van der Waals surface area contributed by atoms with E-state index in [4.69, 9.17) is 15.6 Å². The summed E-state index contributed by atoms with van der Waals surface area (Å²) in [6, 6.07) is 3.57. The van der Waals surface area contributed by atoms with E-state index in [0.29, 0.717) is 0 Å². The predicted molar refractivity (Wildman–Crippen MR) is 69.3 cm³/mol. The second-order valence-electron chi connectivity index (χ2n) is 4.22. The summed E-state index contributed by atoms with van der Waals surface area (Å²) in [6.07, 6.45) is 0. The van der Waals surface area contributed by atoms with Crippen LogP contribution in [0.3, 0.4) is 0 Å². The molecular formula is C13H22N2O2. The molecule has 0 aromatic heterocycles. The van der Waals surface area contributed by atoms with E-state index in [1.165, 1.54) is 0 Å². The van der Waals surface area contributed by atoms with Crippen molar-refractivity contribution in [2.75, 3.05) is 20.8 Å². The van der Waals surface area contributed by atoms with Crippen molar-refractivity contribution in [3.63, 3.8) is 0 Å². The fraction of sp³-hybridized carbons (Fsp3) is 0.538. The Kier molecular flexibility index (Phi) is 4.93. The monoisotopic (exact) mass is 238 g/mol. The highest BCUT2D eigenvalue weighted by Gasteiger charge is 2.20. The van der Waals surface area contributed by atoms with Crippen molar-refractivity contribution in [3.05, 3.63) is 28.8 Å². The number of hydrogen-bond donors (Lipinski definition) is 3. The third-order valence-corrected chi connectivity index (χ3v) is 3.28. The molecule has 0 saturated carbocycles. The Morgan fingerprint density at radius 1 is 1.35 bits per heavy atom. The first-order chi connectivity index (χ1) is 8.06. The van der Waals surface area contributed by atoms with Gasteiger partial charge in [0.2, 0.25) is 0 Å². The van der Waals surface area contributed by atoms with E-state index < -0.39 is 0 Å². The summed E-state index contributed by atoms with van der Waals surface area (Å²) >= 11 is 0. The molecule has 0 spiro atoms. The molecule has 1 aromatic rings. The number of aliphatic hydroxyl groups is 1. The molecule has 4 nitrogen and oxygen atoms in total. The number of methoxy groups -OCH3 is 1. The first-order valence-corrected chi connectivity index (χ1v) is 5.74. The Labute approximate surface area is 103 Å². The van der Waals surface area contributed by atoms with Crippen LogP contribution in [0.1, 0.15) is 22.7 Å². The second kappa shape index (κ2) is 6.00. The van der Waals surface area contributed by atoms with Crippen molar-refractivity contribution >= 4 is 0 Å². The lowest BCUT2D eigenvalue weighted by atomic mass is 9.93. The number of likely N-dealkylation sites (N-methyl/N-ethyl adjacent to an activating group) is 1. The van der Waals surface area contributed by atoms with E-state index in [-0.39, 0.29) is 18.7 Å². The average molecular weight is 238 g/mol. The van der Waals surface area contributed by atoms with Gasteiger partial charge in [-0.05, 0) is 43.7 Å². The minimum Gasteiger partial charge on any atom is -0.496 e. The van der Waals surface area contributed by atoms with E-state index >= 15 is 0 Å². The molecule has 0 fully saturated rings. The Morgan fingerprint density at radius 3 is 2.47 bits per heavy atom. The molecule has 0 bridgehead atoms. The molecule has 0 aliphatic rings. The average Bonchev–Trinajstić information content (AvgIpc) is 2.35. The van der Waals surface area contributed by atoms with Crippen LogP contribution >= 0.6 is 0 Å². The molecule has 0 amide bonds. The van der Waals surface area contributed by atoms with Gasteiger partial charge in [-0.15, -0.1) is 0 Å². The predicted octanol–water partition coefficient (Wildman–Crippen LogP) is 0.892. The molecule has 0 aliphatic heterocycles. The molecule has 2 unspecified atom stereocenters. The summed E-state index contributed by atoms with van der Waals surface area (Å²) in [4.78, 5) is 0. The highest BCUT2D eigenvalue weighted by molar-refractivity contribution is 5.45. The fourth-order valence-electron chi connectivity index (χ4n) is 2.08. The number of rotatable bonds is 5. The van der Waals surface area contributed by atoms with Gasteiger partial charge in [-0.25, -0.2) is 0 Å². The Balaban J connectivity index is 3.17. The number of nitrogens with one attached hydrogen (secondary N) is 1. The molecule has 0 radical (unpaired) electrons.